The van der Waals surface area contributed by atoms with Gasteiger partial charge in [0.05, 0.1) is 0 Å². The van der Waals surface area contributed by atoms with Crippen molar-refractivity contribution in [3.05, 3.63) is 35.9 Å². The van der Waals surface area contributed by atoms with Crippen LogP contribution < -0.4 is 0 Å². The van der Waals surface area contributed by atoms with Gasteiger partial charge in [-0.1, -0.05) is 30.3 Å². The zero-order chi connectivity index (χ0) is 14.5. The van der Waals surface area contributed by atoms with Crippen LogP contribution in [0.15, 0.2) is 30.3 Å². The van der Waals surface area contributed by atoms with E-state index in [1.165, 1.54) is 0 Å². The van der Waals surface area contributed by atoms with Crippen LogP contribution in [0.5, 0.6) is 0 Å². The van der Waals surface area contributed by atoms with Crippen molar-refractivity contribution in [1.82, 2.24) is 9.80 Å². The molecule has 0 bridgehead atoms. The summed E-state index contributed by atoms with van der Waals surface area (Å²) in [4.78, 5) is 27.9. The van der Waals surface area contributed by atoms with Gasteiger partial charge in [-0.3, -0.25) is 9.59 Å². The molecule has 0 radical (unpaired) electrons. The number of benzene rings is 1. The van der Waals surface area contributed by atoms with E-state index in [0.717, 1.165) is 18.4 Å². The number of hydrogen-bond donors (Lipinski definition) is 0. The smallest absolute Gasteiger partial charge is 0.312 e. The monoisotopic (exact) mass is 274 g/mol. The Balaban J connectivity index is 2.07. The molecular weight excluding hydrogens is 252 g/mol. The topological polar surface area (TPSA) is 40.6 Å². The highest BCUT2D eigenvalue weighted by Crippen LogP contribution is 2.13. The minimum atomic E-state index is -0.384. The van der Waals surface area contributed by atoms with Crippen molar-refractivity contribution in [2.24, 2.45) is 0 Å². The van der Waals surface area contributed by atoms with Gasteiger partial charge in [0.15, 0.2) is 0 Å². The van der Waals surface area contributed by atoms with Crippen molar-refractivity contribution < 1.29 is 9.59 Å². The zero-order valence-corrected chi connectivity index (χ0v) is 12.2. The average molecular weight is 274 g/mol. The molecule has 4 heteroatoms. The molecule has 0 saturated carbocycles. The Labute approximate surface area is 120 Å². The van der Waals surface area contributed by atoms with Crippen LogP contribution in [0.25, 0.3) is 0 Å². The molecule has 0 atom stereocenters. The van der Waals surface area contributed by atoms with Crippen LogP contribution in [0.3, 0.4) is 0 Å². The maximum Gasteiger partial charge on any atom is 0.312 e. The molecule has 108 valence electrons. The first-order valence-electron chi connectivity index (χ1n) is 7.23. The summed E-state index contributed by atoms with van der Waals surface area (Å²) in [7, 11) is 0. The van der Waals surface area contributed by atoms with Gasteiger partial charge in [-0.05, 0) is 32.3 Å². The Hall–Kier alpha value is -1.84. The summed E-state index contributed by atoms with van der Waals surface area (Å²) in [6, 6.07) is 9.79. The zero-order valence-electron chi connectivity index (χ0n) is 12.2. The number of rotatable bonds is 3. The van der Waals surface area contributed by atoms with Crippen molar-refractivity contribution in [2.75, 3.05) is 13.1 Å². The quantitative estimate of drug-likeness (QED) is 0.791. The molecule has 4 nitrogen and oxygen atoms in total. The predicted molar refractivity (Wildman–Crippen MR) is 77.9 cm³/mol. The van der Waals surface area contributed by atoms with Crippen LogP contribution >= 0.6 is 0 Å². The molecule has 1 aliphatic rings. The molecule has 0 N–H and O–H groups in total. The molecule has 1 saturated heterocycles. The summed E-state index contributed by atoms with van der Waals surface area (Å²) < 4.78 is 0. The number of hydrogen-bond acceptors (Lipinski definition) is 2. The first-order chi connectivity index (χ1) is 9.59. The summed E-state index contributed by atoms with van der Waals surface area (Å²) in [5, 5.41) is 0. The first-order valence-corrected chi connectivity index (χ1v) is 7.23. The minimum Gasteiger partial charge on any atom is -0.334 e. The van der Waals surface area contributed by atoms with E-state index in [1.54, 1.807) is 9.80 Å². The molecule has 1 aliphatic heterocycles. The fourth-order valence-corrected chi connectivity index (χ4v) is 2.45. The highest BCUT2D eigenvalue weighted by Gasteiger charge is 2.29. The van der Waals surface area contributed by atoms with Gasteiger partial charge in [0, 0.05) is 25.7 Å². The van der Waals surface area contributed by atoms with Crippen LogP contribution in [-0.2, 0) is 16.1 Å². The molecule has 1 fully saturated rings. The Morgan fingerprint density at radius 1 is 1.15 bits per heavy atom. The van der Waals surface area contributed by atoms with E-state index in [9.17, 15) is 9.59 Å². The van der Waals surface area contributed by atoms with E-state index in [0.29, 0.717) is 19.6 Å². The van der Waals surface area contributed by atoms with E-state index < -0.39 is 0 Å². The van der Waals surface area contributed by atoms with E-state index >= 15 is 0 Å². The molecule has 2 amide bonds. The second-order valence-corrected chi connectivity index (χ2v) is 5.51. The summed E-state index contributed by atoms with van der Waals surface area (Å²) in [6.45, 7) is 5.79. The predicted octanol–water partition coefficient (Wildman–Crippen LogP) is 2.05. The molecule has 1 heterocycles. The molecule has 0 unspecified atom stereocenters. The number of carbonyl (C=O) groups is 2. The molecule has 0 aromatic heterocycles. The normalized spacial score (nSPS) is 14.7. The second kappa shape index (κ2) is 6.55. The second-order valence-electron chi connectivity index (χ2n) is 5.51. The van der Waals surface area contributed by atoms with Gasteiger partial charge in [0.1, 0.15) is 0 Å². The average Bonchev–Trinajstić information content (AvgIpc) is 2.98. The Morgan fingerprint density at radius 2 is 1.75 bits per heavy atom. The highest BCUT2D eigenvalue weighted by molar-refractivity contribution is 6.35. The maximum atomic E-state index is 12.4. The number of carbonyl (C=O) groups excluding carboxylic acids is 2. The number of likely N-dealkylation sites (tertiary alicyclic amines) is 1. The lowest BCUT2D eigenvalue weighted by atomic mass is 10.2. The molecule has 1 aromatic rings. The summed E-state index contributed by atoms with van der Waals surface area (Å²) in [5.74, 6) is -0.738. The third-order valence-electron chi connectivity index (χ3n) is 3.66. The van der Waals surface area contributed by atoms with Gasteiger partial charge >= 0.3 is 11.8 Å². The van der Waals surface area contributed by atoms with Gasteiger partial charge in [0.25, 0.3) is 0 Å². The van der Waals surface area contributed by atoms with Crippen LogP contribution in [0.2, 0.25) is 0 Å². The van der Waals surface area contributed by atoms with Gasteiger partial charge in [-0.2, -0.15) is 0 Å². The van der Waals surface area contributed by atoms with Gasteiger partial charge in [-0.25, -0.2) is 0 Å². The van der Waals surface area contributed by atoms with Crippen LogP contribution in [-0.4, -0.2) is 40.7 Å². The van der Waals surface area contributed by atoms with E-state index in [4.69, 9.17) is 0 Å². The minimum absolute atomic E-state index is 0.00857. The van der Waals surface area contributed by atoms with Crippen molar-refractivity contribution in [2.45, 2.75) is 39.3 Å². The molecule has 1 aromatic carbocycles. The summed E-state index contributed by atoms with van der Waals surface area (Å²) >= 11 is 0. The van der Waals surface area contributed by atoms with Crippen LogP contribution in [0.1, 0.15) is 32.3 Å². The molecule has 20 heavy (non-hydrogen) atoms. The third kappa shape index (κ3) is 3.38. The van der Waals surface area contributed by atoms with E-state index in [2.05, 4.69) is 0 Å². The third-order valence-corrected chi connectivity index (χ3v) is 3.66. The lowest BCUT2D eigenvalue weighted by Gasteiger charge is -2.28. The summed E-state index contributed by atoms with van der Waals surface area (Å²) in [6.07, 6.45) is 2.00. The standard InChI is InChI=1S/C16H22N2O2/c1-13(2)18(12-14-8-4-3-5-9-14)16(20)15(19)17-10-6-7-11-17/h3-5,8-9,13H,6-7,10-12H2,1-2H3. The Kier molecular flexibility index (Phi) is 4.77. The molecule has 0 aliphatic carbocycles. The Morgan fingerprint density at radius 3 is 2.30 bits per heavy atom. The molecule has 0 spiro atoms. The van der Waals surface area contributed by atoms with Crippen molar-refractivity contribution in [3.8, 4) is 0 Å². The fraction of sp³-hybridized carbons (Fsp3) is 0.500. The highest BCUT2D eigenvalue weighted by atomic mass is 16.2. The lowest BCUT2D eigenvalue weighted by molar-refractivity contribution is -0.152. The summed E-state index contributed by atoms with van der Waals surface area (Å²) in [5.41, 5.74) is 1.05. The molecule has 2 rings (SSSR count). The number of amides is 2. The Bertz CT molecular complexity index is 465. The lowest BCUT2D eigenvalue weighted by Crippen LogP contribution is -2.46. The van der Waals surface area contributed by atoms with Gasteiger partial charge in [0.2, 0.25) is 0 Å². The van der Waals surface area contributed by atoms with Crippen molar-refractivity contribution >= 4 is 11.8 Å². The van der Waals surface area contributed by atoms with Crippen molar-refractivity contribution in [1.29, 1.82) is 0 Å². The fourth-order valence-electron chi connectivity index (χ4n) is 2.45. The van der Waals surface area contributed by atoms with E-state index in [-0.39, 0.29) is 17.9 Å². The SMILES string of the molecule is CC(C)N(Cc1ccccc1)C(=O)C(=O)N1CCCC1. The first kappa shape index (κ1) is 14.6. The van der Waals surface area contributed by atoms with Gasteiger partial charge in [-0.15, -0.1) is 0 Å². The van der Waals surface area contributed by atoms with Gasteiger partial charge < -0.3 is 9.80 Å². The maximum absolute atomic E-state index is 12.4. The van der Waals surface area contributed by atoms with Crippen molar-refractivity contribution in [3.63, 3.8) is 0 Å². The van der Waals surface area contributed by atoms with Crippen LogP contribution in [0.4, 0.5) is 0 Å². The largest absolute Gasteiger partial charge is 0.334 e. The van der Waals surface area contributed by atoms with E-state index in [1.807, 2.05) is 44.2 Å². The van der Waals surface area contributed by atoms with Crippen LogP contribution in [0, 0.1) is 0 Å². The number of nitrogens with zero attached hydrogens (tertiary/aromatic N) is 2. The molecular formula is C16H22N2O2.